The van der Waals surface area contributed by atoms with Gasteiger partial charge in [0, 0.05) is 18.5 Å². The minimum absolute atomic E-state index is 0.0102. The topological polar surface area (TPSA) is 106 Å². The average Bonchev–Trinajstić information content (AvgIpc) is 2.73. The van der Waals surface area contributed by atoms with Crippen LogP contribution in [0, 0.1) is 13.8 Å². The number of hydrogen-bond donors (Lipinski definition) is 2. The SMILES string of the molecule is COC(=O)COc1cccc(C=NNC(=O)CCC(=O)Nc2cc(C)ccc2C)c1. The van der Waals surface area contributed by atoms with E-state index in [0.717, 1.165) is 16.8 Å². The number of amides is 2. The van der Waals surface area contributed by atoms with E-state index in [-0.39, 0.29) is 31.3 Å². The second-order valence-corrected chi connectivity index (χ2v) is 6.60. The van der Waals surface area contributed by atoms with Crippen molar-refractivity contribution in [1.29, 1.82) is 0 Å². The summed E-state index contributed by atoms with van der Waals surface area (Å²) in [5, 5.41) is 6.69. The lowest BCUT2D eigenvalue weighted by molar-refractivity contribution is -0.142. The number of methoxy groups -OCH3 is 1. The van der Waals surface area contributed by atoms with Gasteiger partial charge < -0.3 is 14.8 Å². The number of rotatable bonds is 9. The molecule has 2 rings (SSSR count). The number of carbonyl (C=O) groups is 3. The Morgan fingerprint density at radius 1 is 1.03 bits per heavy atom. The summed E-state index contributed by atoms with van der Waals surface area (Å²) in [7, 11) is 1.28. The van der Waals surface area contributed by atoms with Gasteiger partial charge in [-0.3, -0.25) is 9.59 Å². The first-order chi connectivity index (χ1) is 14.4. The number of aryl methyl sites for hydroxylation is 2. The summed E-state index contributed by atoms with van der Waals surface area (Å²) in [5.74, 6) is -0.625. The maximum Gasteiger partial charge on any atom is 0.343 e. The fourth-order valence-electron chi connectivity index (χ4n) is 2.43. The molecule has 0 aromatic heterocycles. The molecule has 0 bridgehead atoms. The summed E-state index contributed by atoms with van der Waals surface area (Å²) in [5.41, 5.74) is 5.80. The van der Waals surface area contributed by atoms with E-state index in [1.54, 1.807) is 24.3 Å². The summed E-state index contributed by atoms with van der Waals surface area (Å²) in [4.78, 5) is 35.1. The molecule has 158 valence electrons. The molecule has 30 heavy (non-hydrogen) atoms. The number of hydrogen-bond acceptors (Lipinski definition) is 6. The molecule has 0 radical (unpaired) electrons. The summed E-state index contributed by atoms with van der Waals surface area (Å²) in [6, 6.07) is 12.6. The molecule has 0 heterocycles. The highest BCUT2D eigenvalue weighted by Crippen LogP contribution is 2.16. The summed E-state index contributed by atoms with van der Waals surface area (Å²) >= 11 is 0. The molecule has 8 nitrogen and oxygen atoms in total. The highest BCUT2D eigenvalue weighted by Gasteiger charge is 2.08. The van der Waals surface area contributed by atoms with Crippen LogP contribution < -0.4 is 15.5 Å². The van der Waals surface area contributed by atoms with Gasteiger partial charge in [0.25, 0.3) is 0 Å². The van der Waals surface area contributed by atoms with Crippen LogP contribution in [0.2, 0.25) is 0 Å². The van der Waals surface area contributed by atoms with Gasteiger partial charge in [0.05, 0.1) is 13.3 Å². The van der Waals surface area contributed by atoms with Crippen LogP contribution in [-0.4, -0.2) is 37.7 Å². The Morgan fingerprint density at radius 2 is 1.80 bits per heavy atom. The molecule has 0 fully saturated rings. The van der Waals surface area contributed by atoms with Gasteiger partial charge in [0.2, 0.25) is 11.8 Å². The molecule has 2 amide bonds. The standard InChI is InChI=1S/C22H25N3O5/c1-15-7-8-16(2)19(11-15)24-20(26)9-10-21(27)25-23-13-17-5-4-6-18(12-17)30-14-22(28)29-3/h4-8,11-13H,9-10,14H2,1-3H3,(H,24,26)(H,25,27). The van der Waals surface area contributed by atoms with Crippen LogP contribution in [0.3, 0.4) is 0 Å². The third-order valence-corrected chi connectivity index (χ3v) is 4.09. The molecule has 2 aromatic rings. The van der Waals surface area contributed by atoms with Crippen molar-refractivity contribution in [2.75, 3.05) is 19.0 Å². The molecule has 2 aromatic carbocycles. The molecule has 0 unspecified atom stereocenters. The Morgan fingerprint density at radius 3 is 2.57 bits per heavy atom. The number of anilines is 1. The van der Waals surface area contributed by atoms with Gasteiger partial charge in [0.15, 0.2) is 6.61 Å². The smallest absolute Gasteiger partial charge is 0.343 e. The average molecular weight is 411 g/mol. The first kappa shape index (κ1) is 22.6. The number of hydrazone groups is 1. The largest absolute Gasteiger partial charge is 0.482 e. The van der Waals surface area contributed by atoms with Crippen molar-refractivity contribution in [3.63, 3.8) is 0 Å². The lowest BCUT2D eigenvalue weighted by Gasteiger charge is -2.09. The Balaban J connectivity index is 1.77. The van der Waals surface area contributed by atoms with Gasteiger partial charge in [-0.25, -0.2) is 10.2 Å². The van der Waals surface area contributed by atoms with Crippen LogP contribution in [0.25, 0.3) is 0 Å². The lowest BCUT2D eigenvalue weighted by atomic mass is 10.1. The van der Waals surface area contributed by atoms with Crippen molar-refractivity contribution in [3.05, 3.63) is 59.2 Å². The lowest BCUT2D eigenvalue weighted by Crippen LogP contribution is -2.21. The van der Waals surface area contributed by atoms with E-state index in [9.17, 15) is 14.4 Å². The maximum absolute atomic E-state index is 12.1. The number of nitrogens with one attached hydrogen (secondary N) is 2. The van der Waals surface area contributed by atoms with Crippen LogP contribution in [0.4, 0.5) is 5.69 Å². The van der Waals surface area contributed by atoms with E-state index < -0.39 is 5.97 Å². The zero-order valence-electron chi connectivity index (χ0n) is 17.2. The normalized spacial score (nSPS) is 10.5. The fourth-order valence-corrected chi connectivity index (χ4v) is 2.43. The zero-order valence-corrected chi connectivity index (χ0v) is 17.2. The molecule has 8 heteroatoms. The summed E-state index contributed by atoms with van der Waals surface area (Å²) in [6.45, 7) is 3.66. The van der Waals surface area contributed by atoms with Crippen LogP contribution in [0.5, 0.6) is 5.75 Å². The summed E-state index contributed by atoms with van der Waals surface area (Å²) in [6.07, 6.45) is 1.50. The second kappa shape index (κ2) is 11.4. The van der Waals surface area contributed by atoms with Crippen LogP contribution in [0.15, 0.2) is 47.6 Å². The van der Waals surface area contributed by atoms with Crippen LogP contribution in [0.1, 0.15) is 29.5 Å². The Kier molecular flexibility index (Phi) is 8.56. The third-order valence-electron chi connectivity index (χ3n) is 4.09. The van der Waals surface area contributed by atoms with Gasteiger partial charge in [-0.2, -0.15) is 5.10 Å². The predicted octanol–water partition coefficient (Wildman–Crippen LogP) is 2.72. The third kappa shape index (κ3) is 7.75. The fraction of sp³-hybridized carbons (Fsp3) is 0.273. The first-order valence-corrected chi connectivity index (χ1v) is 9.36. The Labute approximate surface area is 175 Å². The maximum atomic E-state index is 12.1. The molecule has 0 atom stereocenters. The van der Waals surface area contributed by atoms with E-state index >= 15 is 0 Å². The summed E-state index contributed by atoms with van der Waals surface area (Å²) < 4.78 is 9.80. The van der Waals surface area contributed by atoms with E-state index in [1.807, 2.05) is 32.0 Å². The highest BCUT2D eigenvalue weighted by molar-refractivity contribution is 5.94. The monoisotopic (exact) mass is 411 g/mol. The molecule has 2 N–H and O–H groups in total. The molecule has 0 saturated heterocycles. The van der Waals surface area contributed by atoms with Gasteiger partial charge in [-0.1, -0.05) is 24.3 Å². The van der Waals surface area contributed by atoms with Crippen molar-refractivity contribution < 1.29 is 23.9 Å². The van der Waals surface area contributed by atoms with Crippen molar-refractivity contribution >= 4 is 29.7 Å². The van der Waals surface area contributed by atoms with Crippen molar-refractivity contribution in [2.24, 2.45) is 5.10 Å². The number of ether oxygens (including phenoxy) is 2. The van der Waals surface area contributed by atoms with Crippen molar-refractivity contribution in [2.45, 2.75) is 26.7 Å². The minimum Gasteiger partial charge on any atom is -0.482 e. The molecule has 0 aliphatic carbocycles. The predicted molar refractivity (Wildman–Crippen MR) is 113 cm³/mol. The number of esters is 1. The molecule has 0 aliphatic heterocycles. The van der Waals surface area contributed by atoms with Gasteiger partial charge in [-0.15, -0.1) is 0 Å². The first-order valence-electron chi connectivity index (χ1n) is 9.36. The van der Waals surface area contributed by atoms with Gasteiger partial charge >= 0.3 is 5.97 Å². The molecule has 0 aliphatic rings. The van der Waals surface area contributed by atoms with Crippen molar-refractivity contribution in [1.82, 2.24) is 5.43 Å². The molecular weight excluding hydrogens is 386 g/mol. The Hall–Kier alpha value is -3.68. The van der Waals surface area contributed by atoms with E-state index in [4.69, 9.17) is 4.74 Å². The van der Waals surface area contributed by atoms with E-state index in [1.165, 1.54) is 13.3 Å². The van der Waals surface area contributed by atoms with Crippen LogP contribution >= 0.6 is 0 Å². The highest BCUT2D eigenvalue weighted by atomic mass is 16.6. The second-order valence-electron chi connectivity index (χ2n) is 6.60. The van der Waals surface area contributed by atoms with Gasteiger partial charge in [-0.05, 0) is 48.7 Å². The molecular formula is C22H25N3O5. The quantitative estimate of drug-likeness (QED) is 0.375. The van der Waals surface area contributed by atoms with Crippen LogP contribution in [-0.2, 0) is 19.1 Å². The molecule has 0 saturated carbocycles. The number of nitrogens with zero attached hydrogens (tertiary/aromatic N) is 1. The van der Waals surface area contributed by atoms with Gasteiger partial charge in [0.1, 0.15) is 5.75 Å². The van der Waals surface area contributed by atoms with E-state index in [2.05, 4.69) is 20.6 Å². The minimum atomic E-state index is -0.483. The zero-order chi connectivity index (χ0) is 21.9. The molecule has 0 spiro atoms. The van der Waals surface area contributed by atoms with Crippen molar-refractivity contribution in [3.8, 4) is 5.75 Å². The van der Waals surface area contributed by atoms with E-state index in [0.29, 0.717) is 11.3 Å². The number of benzene rings is 2. The Bertz CT molecular complexity index is 940. The number of carbonyl (C=O) groups excluding carboxylic acids is 3.